The van der Waals surface area contributed by atoms with E-state index in [2.05, 4.69) is 6.92 Å². The van der Waals surface area contributed by atoms with Crippen LogP contribution in [0.5, 0.6) is 0 Å². The second-order valence-corrected chi connectivity index (χ2v) is 2.86. The Kier molecular flexibility index (Phi) is 4.09. The van der Waals surface area contributed by atoms with Crippen molar-refractivity contribution in [2.45, 2.75) is 26.2 Å². The van der Waals surface area contributed by atoms with Crippen LogP contribution in [0, 0.1) is 0 Å². The first kappa shape index (κ1) is 9.84. The molecule has 13 heavy (non-hydrogen) atoms. The Labute approximate surface area is 77.7 Å². The molecule has 0 spiro atoms. The maximum atomic E-state index is 11.2. The van der Waals surface area contributed by atoms with Gasteiger partial charge in [-0.25, -0.2) is 4.79 Å². The zero-order valence-corrected chi connectivity index (χ0v) is 7.79. The summed E-state index contributed by atoms with van der Waals surface area (Å²) in [4.78, 5) is 11.2. The van der Waals surface area contributed by atoms with Crippen LogP contribution in [0.15, 0.2) is 23.0 Å². The standard InChI is InChI=1S/C10H14O3/c1-2-3-4-6-13-10(11)9-5-7-12-8-9/h5,7-8H,2-4,6H2,1H3. The van der Waals surface area contributed by atoms with Gasteiger partial charge in [-0.3, -0.25) is 0 Å². The lowest BCUT2D eigenvalue weighted by Gasteiger charge is -2.01. The van der Waals surface area contributed by atoms with Crippen LogP contribution in [0.2, 0.25) is 0 Å². The minimum atomic E-state index is -0.301. The van der Waals surface area contributed by atoms with Crippen molar-refractivity contribution in [2.24, 2.45) is 0 Å². The van der Waals surface area contributed by atoms with Crippen LogP contribution in [0.25, 0.3) is 0 Å². The fraction of sp³-hybridized carbons (Fsp3) is 0.500. The van der Waals surface area contributed by atoms with Gasteiger partial charge in [0.1, 0.15) is 6.26 Å². The maximum Gasteiger partial charge on any atom is 0.341 e. The summed E-state index contributed by atoms with van der Waals surface area (Å²) in [5.41, 5.74) is 0.483. The van der Waals surface area contributed by atoms with Crippen molar-refractivity contribution in [3.63, 3.8) is 0 Å². The summed E-state index contributed by atoms with van der Waals surface area (Å²) in [6.07, 6.45) is 6.01. The Morgan fingerprint density at radius 3 is 3.00 bits per heavy atom. The monoisotopic (exact) mass is 182 g/mol. The third-order valence-electron chi connectivity index (χ3n) is 1.74. The van der Waals surface area contributed by atoms with Crippen molar-refractivity contribution < 1.29 is 13.9 Å². The van der Waals surface area contributed by atoms with E-state index in [9.17, 15) is 4.79 Å². The molecular formula is C10H14O3. The largest absolute Gasteiger partial charge is 0.472 e. The highest BCUT2D eigenvalue weighted by Gasteiger charge is 2.06. The fourth-order valence-corrected chi connectivity index (χ4v) is 0.981. The molecule has 0 aliphatic carbocycles. The Morgan fingerprint density at radius 1 is 1.54 bits per heavy atom. The number of unbranched alkanes of at least 4 members (excludes halogenated alkanes) is 2. The highest BCUT2D eigenvalue weighted by atomic mass is 16.5. The fourth-order valence-electron chi connectivity index (χ4n) is 0.981. The van der Waals surface area contributed by atoms with Crippen molar-refractivity contribution in [2.75, 3.05) is 6.61 Å². The van der Waals surface area contributed by atoms with E-state index in [-0.39, 0.29) is 5.97 Å². The minimum absolute atomic E-state index is 0.301. The van der Waals surface area contributed by atoms with Crippen molar-refractivity contribution in [3.05, 3.63) is 24.2 Å². The molecule has 0 amide bonds. The van der Waals surface area contributed by atoms with E-state index in [0.717, 1.165) is 19.3 Å². The number of rotatable bonds is 5. The van der Waals surface area contributed by atoms with Gasteiger partial charge in [-0.1, -0.05) is 19.8 Å². The summed E-state index contributed by atoms with van der Waals surface area (Å²) in [6, 6.07) is 1.60. The summed E-state index contributed by atoms with van der Waals surface area (Å²) in [5.74, 6) is -0.301. The Balaban J connectivity index is 2.19. The number of furan rings is 1. The van der Waals surface area contributed by atoms with Crippen LogP contribution in [-0.2, 0) is 4.74 Å². The molecule has 0 fully saturated rings. The van der Waals surface area contributed by atoms with Gasteiger partial charge in [0.2, 0.25) is 0 Å². The van der Waals surface area contributed by atoms with E-state index < -0.39 is 0 Å². The molecule has 0 aromatic carbocycles. The van der Waals surface area contributed by atoms with Gasteiger partial charge in [0.25, 0.3) is 0 Å². The Hall–Kier alpha value is -1.25. The summed E-state index contributed by atoms with van der Waals surface area (Å²) in [7, 11) is 0. The van der Waals surface area contributed by atoms with Crippen LogP contribution in [0.4, 0.5) is 0 Å². The van der Waals surface area contributed by atoms with E-state index in [1.54, 1.807) is 6.07 Å². The number of carbonyl (C=O) groups excluding carboxylic acids is 1. The van der Waals surface area contributed by atoms with Gasteiger partial charge < -0.3 is 9.15 Å². The highest BCUT2D eigenvalue weighted by Crippen LogP contribution is 2.03. The molecule has 0 radical (unpaired) electrons. The molecule has 1 aromatic rings. The summed E-state index contributed by atoms with van der Waals surface area (Å²) >= 11 is 0. The quantitative estimate of drug-likeness (QED) is 0.519. The normalized spacial score (nSPS) is 9.92. The Bertz CT molecular complexity index is 239. The van der Waals surface area contributed by atoms with Gasteiger partial charge >= 0.3 is 5.97 Å². The van der Waals surface area contributed by atoms with Gasteiger partial charge in [-0.05, 0) is 12.5 Å². The van der Waals surface area contributed by atoms with Crippen LogP contribution in [-0.4, -0.2) is 12.6 Å². The molecule has 3 heteroatoms. The highest BCUT2D eigenvalue weighted by molar-refractivity contribution is 5.88. The zero-order chi connectivity index (χ0) is 9.52. The molecule has 0 aliphatic heterocycles. The average Bonchev–Trinajstić information content (AvgIpc) is 2.65. The smallest absolute Gasteiger partial charge is 0.341 e. The summed E-state index contributed by atoms with van der Waals surface area (Å²) < 4.78 is 9.75. The molecule has 0 saturated heterocycles. The van der Waals surface area contributed by atoms with E-state index in [1.807, 2.05) is 0 Å². The maximum absolute atomic E-state index is 11.2. The van der Waals surface area contributed by atoms with E-state index in [4.69, 9.17) is 9.15 Å². The topological polar surface area (TPSA) is 39.4 Å². The van der Waals surface area contributed by atoms with Gasteiger partial charge in [0, 0.05) is 0 Å². The second-order valence-electron chi connectivity index (χ2n) is 2.86. The van der Waals surface area contributed by atoms with E-state index in [1.165, 1.54) is 12.5 Å². The average molecular weight is 182 g/mol. The predicted molar refractivity (Wildman–Crippen MR) is 48.5 cm³/mol. The van der Waals surface area contributed by atoms with Gasteiger partial charge in [0.15, 0.2) is 0 Å². The first-order chi connectivity index (χ1) is 6.34. The number of ether oxygens (including phenoxy) is 1. The molecule has 0 saturated carbocycles. The van der Waals surface area contributed by atoms with Gasteiger partial charge in [-0.2, -0.15) is 0 Å². The third kappa shape index (κ3) is 3.32. The van der Waals surface area contributed by atoms with Gasteiger partial charge in [-0.15, -0.1) is 0 Å². The summed E-state index contributed by atoms with van der Waals surface area (Å²) in [6.45, 7) is 2.61. The first-order valence-electron chi connectivity index (χ1n) is 4.54. The molecule has 1 rings (SSSR count). The molecule has 1 aromatic heterocycles. The van der Waals surface area contributed by atoms with E-state index in [0.29, 0.717) is 12.2 Å². The zero-order valence-electron chi connectivity index (χ0n) is 7.79. The number of hydrogen-bond donors (Lipinski definition) is 0. The molecule has 0 atom stereocenters. The molecule has 0 bridgehead atoms. The van der Waals surface area contributed by atoms with Crippen LogP contribution >= 0.6 is 0 Å². The van der Waals surface area contributed by atoms with Crippen molar-refractivity contribution in [1.29, 1.82) is 0 Å². The molecular weight excluding hydrogens is 168 g/mol. The molecule has 0 N–H and O–H groups in total. The number of hydrogen-bond acceptors (Lipinski definition) is 3. The van der Waals surface area contributed by atoms with Crippen molar-refractivity contribution >= 4 is 5.97 Å². The third-order valence-corrected chi connectivity index (χ3v) is 1.74. The first-order valence-corrected chi connectivity index (χ1v) is 4.54. The number of carbonyl (C=O) groups is 1. The summed E-state index contributed by atoms with van der Waals surface area (Å²) in [5, 5.41) is 0. The van der Waals surface area contributed by atoms with Gasteiger partial charge in [0.05, 0.1) is 18.4 Å². The Morgan fingerprint density at radius 2 is 2.38 bits per heavy atom. The predicted octanol–water partition coefficient (Wildman–Crippen LogP) is 2.63. The lowest BCUT2D eigenvalue weighted by atomic mass is 10.3. The van der Waals surface area contributed by atoms with Crippen LogP contribution in [0.3, 0.4) is 0 Å². The minimum Gasteiger partial charge on any atom is -0.472 e. The molecule has 72 valence electrons. The molecule has 3 nitrogen and oxygen atoms in total. The SMILES string of the molecule is CCCCCOC(=O)c1ccoc1. The van der Waals surface area contributed by atoms with Crippen molar-refractivity contribution in [3.8, 4) is 0 Å². The van der Waals surface area contributed by atoms with E-state index >= 15 is 0 Å². The van der Waals surface area contributed by atoms with Crippen LogP contribution < -0.4 is 0 Å². The lowest BCUT2D eigenvalue weighted by molar-refractivity contribution is 0.0497. The lowest BCUT2D eigenvalue weighted by Crippen LogP contribution is -2.04. The molecule has 0 unspecified atom stereocenters. The molecule has 0 aliphatic rings. The molecule has 1 heterocycles. The second kappa shape index (κ2) is 5.41. The van der Waals surface area contributed by atoms with Crippen LogP contribution in [0.1, 0.15) is 36.5 Å². The van der Waals surface area contributed by atoms with Crippen molar-refractivity contribution in [1.82, 2.24) is 0 Å². The number of esters is 1.